The summed E-state index contributed by atoms with van der Waals surface area (Å²) < 4.78 is 0. The molecule has 0 saturated carbocycles. The van der Waals surface area contributed by atoms with E-state index in [1.165, 1.54) is 9.79 Å². The molecule has 0 spiro atoms. The number of nitrogens with zero attached hydrogens (tertiary/aromatic N) is 3. The Bertz CT molecular complexity index is 585. The van der Waals surface area contributed by atoms with Crippen molar-refractivity contribution in [1.82, 2.24) is 0 Å². The molecule has 0 aliphatic heterocycles. The van der Waals surface area contributed by atoms with E-state index in [0.29, 0.717) is 6.54 Å². The van der Waals surface area contributed by atoms with Crippen LogP contribution >= 0.6 is 11.8 Å². The van der Waals surface area contributed by atoms with Crippen LogP contribution in [0.3, 0.4) is 0 Å². The molecule has 94 valence electrons. The van der Waals surface area contributed by atoms with Gasteiger partial charge >= 0.3 is 0 Å². The molecule has 0 heterocycles. The summed E-state index contributed by atoms with van der Waals surface area (Å²) in [6.45, 7) is 0.386. The highest BCUT2D eigenvalue weighted by Gasteiger charge is 1.95. The molecule has 0 bridgehead atoms. The van der Waals surface area contributed by atoms with Crippen LogP contribution in [0, 0.1) is 0 Å². The lowest BCUT2D eigenvalue weighted by Crippen LogP contribution is -1.76. The van der Waals surface area contributed by atoms with E-state index in [-0.39, 0.29) is 0 Å². The number of hydrogen-bond donors (Lipinski definition) is 0. The minimum Gasteiger partial charge on any atom is -0.0901 e. The van der Waals surface area contributed by atoms with Crippen LogP contribution < -0.4 is 0 Å². The van der Waals surface area contributed by atoms with E-state index in [4.69, 9.17) is 5.53 Å². The van der Waals surface area contributed by atoms with Gasteiger partial charge in [-0.2, -0.15) is 0 Å². The van der Waals surface area contributed by atoms with E-state index in [0.717, 1.165) is 5.56 Å². The Balaban J connectivity index is 1.98. The average molecular weight is 267 g/mol. The molecule has 0 fully saturated rings. The van der Waals surface area contributed by atoms with Crippen LogP contribution in [0.25, 0.3) is 16.5 Å². The second-order valence-electron chi connectivity index (χ2n) is 3.80. The van der Waals surface area contributed by atoms with Gasteiger partial charge in [0.25, 0.3) is 0 Å². The predicted molar refractivity (Wildman–Crippen MR) is 80.1 cm³/mol. The summed E-state index contributed by atoms with van der Waals surface area (Å²) in [4.78, 5) is 5.14. The Hall–Kier alpha value is -2.16. The van der Waals surface area contributed by atoms with Crippen molar-refractivity contribution in [2.75, 3.05) is 6.54 Å². The molecule has 0 aliphatic carbocycles. The molecule has 0 unspecified atom stereocenters. The molecule has 0 N–H and O–H groups in total. The van der Waals surface area contributed by atoms with E-state index in [1.54, 1.807) is 11.8 Å². The van der Waals surface area contributed by atoms with E-state index in [1.807, 2.05) is 30.4 Å². The lowest BCUT2D eigenvalue weighted by atomic mass is 10.2. The summed E-state index contributed by atoms with van der Waals surface area (Å²) in [7, 11) is 0. The number of azide groups is 1. The molecule has 3 nitrogen and oxygen atoms in total. The van der Waals surface area contributed by atoms with Gasteiger partial charge in [0.2, 0.25) is 0 Å². The quantitative estimate of drug-likeness (QED) is 0.419. The summed E-state index contributed by atoms with van der Waals surface area (Å²) in [6, 6.07) is 18.6. The molecule has 0 aromatic heterocycles. The summed E-state index contributed by atoms with van der Waals surface area (Å²) >= 11 is 1.74. The fraction of sp³-hybridized carbons (Fsp3) is 0.0667. The molecule has 0 aliphatic rings. The van der Waals surface area contributed by atoms with Crippen molar-refractivity contribution >= 4 is 17.8 Å². The van der Waals surface area contributed by atoms with Gasteiger partial charge < -0.3 is 0 Å². The van der Waals surface area contributed by atoms with Crippen molar-refractivity contribution in [2.45, 2.75) is 9.79 Å². The second kappa shape index (κ2) is 7.31. The van der Waals surface area contributed by atoms with Crippen LogP contribution in [0.1, 0.15) is 5.56 Å². The fourth-order valence-corrected chi connectivity index (χ4v) is 2.38. The van der Waals surface area contributed by atoms with Crippen molar-refractivity contribution in [1.29, 1.82) is 0 Å². The maximum Gasteiger partial charge on any atom is 0.0443 e. The zero-order chi connectivity index (χ0) is 13.3. The topological polar surface area (TPSA) is 48.8 Å². The Morgan fingerprint density at radius 2 is 1.68 bits per heavy atom. The summed E-state index contributed by atoms with van der Waals surface area (Å²) in [5, 5.41) is 3.45. The predicted octanol–water partition coefficient (Wildman–Crippen LogP) is 5.16. The zero-order valence-electron chi connectivity index (χ0n) is 10.3. The van der Waals surface area contributed by atoms with Crippen molar-refractivity contribution in [3.8, 4) is 0 Å². The van der Waals surface area contributed by atoms with Crippen LogP contribution in [-0.2, 0) is 0 Å². The van der Waals surface area contributed by atoms with Crippen molar-refractivity contribution in [2.24, 2.45) is 5.11 Å². The number of benzene rings is 2. The molecular weight excluding hydrogens is 254 g/mol. The molecule has 2 aromatic rings. The monoisotopic (exact) mass is 267 g/mol. The molecular formula is C15H13N3S. The first-order valence-electron chi connectivity index (χ1n) is 5.89. The minimum atomic E-state index is 0.386. The molecule has 0 radical (unpaired) electrons. The highest BCUT2D eigenvalue weighted by molar-refractivity contribution is 7.99. The summed E-state index contributed by atoms with van der Waals surface area (Å²) in [5.41, 5.74) is 9.26. The first kappa shape index (κ1) is 13.3. The van der Waals surface area contributed by atoms with Crippen LogP contribution in [0.2, 0.25) is 0 Å². The van der Waals surface area contributed by atoms with Crippen LogP contribution in [-0.4, -0.2) is 6.54 Å². The van der Waals surface area contributed by atoms with Crippen LogP contribution in [0.15, 0.2) is 75.6 Å². The van der Waals surface area contributed by atoms with Gasteiger partial charge in [-0.15, -0.1) is 0 Å². The third-order valence-corrected chi connectivity index (χ3v) is 3.44. The molecule has 0 atom stereocenters. The highest BCUT2D eigenvalue weighted by Crippen LogP contribution is 2.27. The fourth-order valence-electron chi connectivity index (χ4n) is 1.54. The highest BCUT2D eigenvalue weighted by atomic mass is 32.2. The van der Waals surface area contributed by atoms with E-state index in [2.05, 4.69) is 46.4 Å². The maximum absolute atomic E-state index is 8.16. The van der Waals surface area contributed by atoms with Gasteiger partial charge in [-0.25, -0.2) is 0 Å². The zero-order valence-corrected chi connectivity index (χ0v) is 11.1. The molecule has 2 rings (SSSR count). The van der Waals surface area contributed by atoms with Gasteiger partial charge in [0.1, 0.15) is 0 Å². The van der Waals surface area contributed by atoms with Crippen molar-refractivity contribution in [3.05, 3.63) is 76.7 Å². The van der Waals surface area contributed by atoms with Crippen molar-refractivity contribution < 1.29 is 0 Å². The Labute approximate surface area is 116 Å². The van der Waals surface area contributed by atoms with Gasteiger partial charge in [-0.05, 0) is 35.4 Å². The third kappa shape index (κ3) is 4.54. The number of hydrogen-bond acceptors (Lipinski definition) is 2. The third-order valence-electron chi connectivity index (χ3n) is 2.42. The lowest BCUT2D eigenvalue weighted by Gasteiger charge is -2.01. The van der Waals surface area contributed by atoms with Crippen LogP contribution in [0.4, 0.5) is 0 Å². The normalized spacial score (nSPS) is 10.3. The lowest BCUT2D eigenvalue weighted by molar-refractivity contribution is 1.22. The van der Waals surface area contributed by atoms with Gasteiger partial charge in [0.05, 0.1) is 0 Å². The molecule has 4 heteroatoms. The molecule has 0 saturated heterocycles. The van der Waals surface area contributed by atoms with Crippen LogP contribution in [0.5, 0.6) is 0 Å². The largest absolute Gasteiger partial charge is 0.0901 e. The molecule has 2 aromatic carbocycles. The molecule has 0 amide bonds. The first-order valence-corrected chi connectivity index (χ1v) is 6.70. The van der Waals surface area contributed by atoms with Gasteiger partial charge in [0.15, 0.2) is 0 Å². The standard InChI is InChI=1S/C15H13N3S/c16-18-17-12-4-5-13-8-10-15(11-9-13)19-14-6-2-1-3-7-14/h1-11H,12H2. The Morgan fingerprint density at radius 1 is 1.00 bits per heavy atom. The van der Waals surface area contributed by atoms with Gasteiger partial charge in [-0.3, -0.25) is 0 Å². The summed E-state index contributed by atoms with van der Waals surface area (Å²) in [6.07, 6.45) is 3.80. The Morgan fingerprint density at radius 3 is 2.37 bits per heavy atom. The van der Waals surface area contributed by atoms with Gasteiger partial charge in [-0.1, -0.05) is 59.4 Å². The first-order chi connectivity index (χ1) is 9.38. The maximum atomic E-state index is 8.16. The number of rotatable bonds is 5. The van der Waals surface area contributed by atoms with E-state index >= 15 is 0 Å². The van der Waals surface area contributed by atoms with Crippen molar-refractivity contribution in [3.63, 3.8) is 0 Å². The summed E-state index contributed by atoms with van der Waals surface area (Å²) in [5.74, 6) is 0. The smallest absolute Gasteiger partial charge is 0.0443 e. The Kier molecular flexibility index (Phi) is 5.11. The minimum absolute atomic E-state index is 0.386. The van der Waals surface area contributed by atoms with E-state index < -0.39 is 0 Å². The van der Waals surface area contributed by atoms with E-state index in [9.17, 15) is 0 Å². The second-order valence-corrected chi connectivity index (χ2v) is 4.95. The molecule has 19 heavy (non-hydrogen) atoms. The average Bonchev–Trinajstić information content (AvgIpc) is 2.46. The van der Waals surface area contributed by atoms with Gasteiger partial charge in [0, 0.05) is 21.2 Å². The SMILES string of the molecule is [N-]=[N+]=NCC=Cc1ccc(Sc2ccccc2)cc1.